The van der Waals surface area contributed by atoms with E-state index in [4.69, 9.17) is 11.6 Å². The summed E-state index contributed by atoms with van der Waals surface area (Å²) in [5.41, 5.74) is 1.94. The number of aromatic nitrogens is 2. The number of rotatable bonds is 4. The molecule has 3 rings (SSSR count). The van der Waals surface area contributed by atoms with Crippen LogP contribution in [0.1, 0.15) is 5.56 Å². The van der Waals surface area contributed by atoms with E-state index in [9.17, 15) is 9.18 Å². The molecule has 1 atom stereocenters. The SMILES string of the molecule is C[NH+](Cc1c(F)cccc1Cl)Cn1c(=O)[nH]c2ccccc21. The summed E-state index contributed by atoms with van der Waals surface area (Å²) in [6.45, 7) is 0.824. The number of para-hydroxylation sites is 2. The van der Waals surface area contributed by atoms with Crippen LogP contribution < -0.4 is 10.6 Å². The van der Waals surface area contributed by atoms with Gasteiger partial charge in [-0.3, -0.25) is 0 Å². The summed E-state index contributed by atoms with van der Waals surface area (Å²) in [6.07, 6.45) is 0. The summed E-state index contributed by atoms with van der Waals surface area (Å²) in [5.74, 6) is -0.321. The maximum absolute atomic E-state index is 13.8. The molecule has 0 aliphatic heterocycles. The lowest BCUT2D eigenvalue weighted by molar-refractivity contribution is -0.916. The molecule has 0 aliphatic carbocycles. The molecule has 114 valence electrons. The van der Waals surface area contributed by atoms with Crippen LogP contribution in [0.4, 0.5) is 4.39 Å². The van der Waals surface area contributed by atoms with E-state index in [1.54, 1.807) is 16.7 Å². The summed E-state index contributed by atoms with van der Waals surface area (Å²) in [6, 6.07) is 12.2. The number of nitrogens with zero attached hydrogens (tertiary/aromatic N) is 1. The average molecular weight is 321 g/mol. The number of hydrogen-bond donors (Lipinski definition) is 2. The Kier molecular flexibility index (Phi) is 4.00. The van der Waals surface area contributed by atoms with Crippen molar-refractivity contribution in [2.75, 3.05) is 7.05 Å². The minimum atomic E-state index is -0.321. The van der Waals surface area contributed by atoms with E-state index >= 15 is 0 Å². The third-order valence-corrected chi connectivity index (χ3v) is 4.00. The smallest absolute Gasteiger partial charge is 0.316 e. The van der Waals surface area contributed by atoms with Crippen molar-refractivity contribution in [1.29, 1.82) is 0 Å². The van der Waals surface area contributed by atoms with E-state index in [1.165, 1.54) is 6.07 Å². The van der Waals surface area contributed by atoms with Gasteiger partial charge in [0.05, 0.1) is 28.7 Å². The van der Waals surface area contributed by atoms with E-state index < -0.39 is 0 Å². The van der Waals surface area contributed by atoms with Gasteiger partial charge in [0, 0.05) is 0 Å². The molecule has 0 saturated heterocycles. The first-order valence-electron chi connectivity index (χ1n) is 6.98. The largest absolute Gasteiger partial charge is 0.330 e. The molecule has 1 aromatic heterocycles. The number of nitrogens with one attached hydrogen (secondary N) is 2. The van der Waals surface area contributed by atoms with Gasteiger partial charge in [0.25, 0.3) is 0 Å². The predicted molar refractivity (Wildman–Crippen MR) is 84.6 cm³/mol. The van der Waals surface area contributed by atoms with Gasteiger partial charge in [0.2, 0.25) is 0 Å². The fourth-order valence-corrected chi connectivity index (χ4v) is 2.82. The third-order valence-electron chi connectivity index (χ3n) is 3.65. The minimum Gasteiger partial charge on any atom is -0.316 e. The molecule has 1 heterocycles. The quantitative estimate of drug-likeness (QED) is 0.756. The summed E-state index contributed by atoms with van der Waals surface area (Å²) >= 11 is 6.05. The van der Waals surface area contributed by atoms with E-state index in [0.717, 1.165) is 15.9 Å². The molecular formula is C16H16ClFN3O+. The summed E-state index contributed by atoms with van der Waals surface area (Å²) < 4.78 is 15.5. The fraction of sp³-hybridized carbons (Fsp3) is 0.188. The zero-order valence-corrected chi connectivity index (χ0v) is 12.8. The van der Waals surface area contributed by atoms with Crippen LogP contribution in [0.25, 0.3) is 11.0 Å². The highest BCUT2D eigenvalue weighted by Crippen LogP contribution is 2.17. The van der Waals surface area contributed by atoms with Gasteiger partial charge < -0.3 is 9.88 Å². The highest BCUT2D eigenvalue weighted by atomic mass is 35.5. The van der Waals surface area contributed by atoms with E-state index in [2.05, 4.69) is 4.98 Å². The lowest BCUT2D eigenvalue weighted by Gasteiger charge is -2.16. The average Bonchev–Trinajstić information content (AvgIpc) is 2.79. The van der Waals surface area contributed by atoms with Crippen molar-refractivity contribution < 1.29 is 9.29 Å². The van der Waals surface area contributed by atoms with Crippen LogP contribution in [0.2, 0.25) is 5.02 Å². The maximum atomic E-state index is 13.8. The van der Waals surface area contributed by atoms with Gasteiger partial charge in [-0.15, -0.1) is 0 Å². The van der Waals surface area contributed by atoms with Crippen molar-refractivity contribution in [2.45, 2.75) is 13.2 Å². The van der Waals surface area contributed by atoms with Crippen LogP contribution in [-0.4, -0.2) is 16.6 Å². The lowest BCUT2D eigenvalue weighted by Crippen LogP contribution is -3.07. The van der Waals surface area contributed by atoms with Crippen molar-refractivity contribution in [1.82, 2.24) is 9.55 Å². The highest BCUT2D eigenvalue weighted by Gasteiger charge is 2.15. The second-order valence-corrected chi connectivity index (χ2v) is 5.77. The van der Waals surface area contributed by atoms with Gasteiger partial charge in [-0.05, 0) is 24.3 Å². The molecule has 3 aromatic rings. The molecule has 0 fully saturated rings. The number of benzene rings is 2. The van der Waals surface area contributed by atoms with Crippen LogP contribution in [0.15, 0.2) is 47.3 Å². The summed E-state index contributed by atoms with van der Waals surface area (Å²) in [7, 11) is 1.90. The maximum Gasteiger partial charge on any atom is 0.330 e. The normalized spacial score (nSPS) is 12.7. The molecule has 0 aliphatic rings. The molecule has 2 aromatic carbocycles. The van der Waals surface area contributed by atoms with Crippen LogP contribution in [0.5, 0.6) is 0 Å². The molecule has 0 bridgehead atoms. The Labute approximate surface area is 131 Å². The topological polar surface area (TPSA) is 42.2 Å². The Morgan fingerprint density at radius 2 is 2.00 bits per heavy atom. The monoisotopic (exact) mass is 320 g/mol. The molecule has 1 unspecified atom stereocenters. The second-order valence-electron chi connectivity index (χ2n) is 5.37. The van der Waals surface area contributed by atoms with E-state index in [0.29, 0.717) is 23.8 Å². The van der Waals surface area contributed by atoms with Crippen LogP contribution in [0, 0.1) is 5.82 Å². The Balaban J connectivity index is 1.86. The van der Waals surface area contributed by atoms with Gasteiger partial charge in [-0.25, -0.2) is 13.8 Å². The van der Waals surface area contributed by atoms with Gasteiger partial charge in [0.15, 0.2) is 6.67 Å². The predicted octanol–water partition coefficient (Wildman–Crippen LogP) is 1.79. The molecular weight excluding hydrogens is 305 g/mol. The first-order valence-corrected chi connectivity index (χ1v) is 7.36. The highest BCUT2D eigenvalue weighted by molar-refractivity contribution is 6.31. The summed E-state index contributed by atoms with van der Waals surface area (Å²) in [5, 5.41) is 0.408. The molecule has 22 heavy (non-hydrogen) atoms. The molecule has 6 heteroatoms. The van der Waals surface area contributed by atoms with Crippen LogP contribution >= 0.6 is 11.6 Å². The van der Waals surface area contributed by atoms with Crippen molar-refractivity contribution in [3.05, 3.63) is 69.4 Å². The standard InChI is InChI=1S/C16H15ClFN3O/c1-20(9-11-12(17)5-4-6-13(11)18)10-21-15-8-3-2-7-14(15)19-16(21)22/h2-8H,9-10H2,1H3,(H,19,22)/p+1. The number of aromatic amines is 1. The van der Waals surface area contributed by atoms with Gasteiger partial charge in [0.1, 0.15) is 12.4 Å². The fourth-order valence-electron chi connectivity index (χ4n) is 2.59. The molecule has 4 nitrogen and oxygen atoms in total. The zero-order valence-electron chi connectivity index (χ0n) is 12.1. The molecule has 0 amide bonds. The Morgan fingerprint density at radius 1 is 1.23 bits per heavy atom. The number of H-pyrrole nitrogens is 1. The Hall–Kier alpha value is -2.11. The van der Waals surface area contributed by atoms with Crippen molar-refractivity contribution in [2.24, 2.45) is 0 Å². The van der Waals surface area contributed by atoms with E-state index in [-0.39, 0.29) is 11.5 Å². The first-order chi connectivity index (χ1) is 10.6. The minimum absolute atomic E-state index is 0.166. The van der Waals surface area contributed by atoms with E-state index in [1.807, 2.05) is 31.3 Å². The molecule has 2 N–H and O–H groups in total. The number of fused-ring (bicyclic) bond motifs is 1. The number of quaternary nitrogens is 1. The van der Waals surface area contributed by atoms with Crippen molar-refractivity contribution in [3.8, 4) is 0 Å². The van der Waals surface area contributed by atoms with Gasteiger partial charge in [-0.2, -0.15) is 0 Å². The molecule has 0 saturated carbocycles. The Morgan fingerprint density at radius 3 is 2.77 bits per heavy atom. The van der Waals surface area contributed by atoms with Crippen LogP contribution in [0.3, 0.4) is 0 Å². The number of imidazole rings is 1. The second kappa shape index (κ2) is 5.94. The van der Waals surface area contributed by atoms with Gasteiger partial charge >= 0.3 is 5.69 Å². The lowest BCUT2D eigenvalue weighted by atomic mass is 10.2. The zero-order chi connectivity index (χ0) is 15.7. The Bertz CT molecular complexity index is 851. The summed E-state index contributed by atoms with van der Waals surface area (Å²) in [4.78, 5) is 15.8. The molecule has 0 radical (unpaired) electrons. The third kappa shape index (κ3) is 2.77. The van der Waals surface area contributed by atoms with Crippen molar-refractivity contribution in [3.63, 3.8) is 0 Å². The number of halogens is 2. The van der Waals surface area contributed by atoms with Gasteiger partial charge in [-0.1, -0.05) is 29.8 Å². The molecule has 0 spiro atoms. The number of hydrogen-bond acceptors (Lipinski definition) is 1. The first kappa shape index (κ1) is 14.8. The van der Waals surface area contributed by atoms with Crippen molar-refractivity contribution >= 4 is 22.6 Å². The van der Waals surface area contributed by atoms with Crippen LogP contribution in [-0.2, 0) is 13.2 Å².